The number of unbranched alkanes of at least 4 members (excludes halogenated alkanes) is 1. The van der Waals surface area contributed by atoms with Gasteiger partial charge in [0, 0.05) is 19.3 Å². The molecule has 0 amide bonds. The number of nitrogens with one attached hydrogen (secondary N) is 1. The molecule has 1 aromatic rings. The second-order valence-electron chi connectivity index (χ2n) is 5.13. The average molecular weight is 251 g/mol. The van der Waals surface area contributed by atoms with E-state index in [1.54, 1.807) is 0 Å². The zero-order chi connectivity index (χ0) is 13.2. The van der Waals surface area contributed by atoms with Crippen LogP contribution in [0.4, 0.5) is 0 Å². The number of rotatable bonds is 10. The Hall–Kier alpha value is -0.830. The fourth-order valence-corrected chi connectivity index (χ4v) is 2.29. The third-order valence-corrected chi connectivity index (χ3v) is 3.55. The molecule has 18 heavy (non-hydrogen) atoms. The topological polar surface area (TPSA) is 29.9 Å². The van der Waals surface area contributed by atoms with Crippen molar-refractivity contribution in [1.29, 1.82) is 0 Å². The highest BCUT2D eigenvalue weighted by Crippen LogP contribution is 2.11. The zero-order valence-electron chi connectivity index (χ0n) is 12.3. The number of nitrogens with zero attached hydrogens (tertiary/aromatic N) is 2. The molecule has 1 N–H and O–H groups in total. The van der Waals surface area contributed by atoms with E-state index >= 15 is 0 Å². The molecule has 0 radical (unpaired) electrons. The highest BCUT2D eigenvalue weighted by molar-refractivity contribution is 4.97. The normalized spacial score (nSPS) is 12.8. The summed E-state index contributed by atoms with van der Waals surface area (Å²) < 4.78 is 2.25. The van der Waals surface area contributed by atoms with Gasteiger partial charge >= 0.3 is 0 Å². The first-order valence-electron chi connectivity index (χ1n) is 7.51. The smallest absolute Gasteiger partial charge is 0.0948 e. The molecular weight excluding hydrogens is 222 g/mol. The quantitative estimate of drug-likeness (QED) is 0.688. The maximum absolute atomic E-state index is 4.23. The monoisotopic (exact) mass is 251 g/mol. The summed E-state index contributed by atoms with van der Waals surface area (Å²) in [4.78, 5) is 4.23. The molecule has 3 heteroatoms. The van der Waals surface area contributed by atoms with Crippen molar-refractivity contribution in [2.24, 2.45) is 5.92 Å². The van der Waals surface area contributed by atoms with Crippen LogP contribution in [-0.4, -0.2) is 16.1 Å². The number of aromatic nitrogens is 2. The van der Waals surface area contributed by atoms with Crippen LogP contribution >= 0.6 is 0 Å². The Balaban J connectivity index is 2.28. The van der Waals surface area contributed by atoms with Gasteiger partial charge in [0.1, 0.15) is 0 Å². The molecule has 1 atom stereocenters. The van der Waals surface area contributed by atoms with E-state index in [0.29, 0.717) is 0 Å². The van der Waals surface area contributed by atoms with Gasteiger partial charge < -0.3 is 9.88 Å². The van der Waals surface area contributed by atoms with Gasteiger partial charge in [0.2, 0.25) is 0 Å². The first-order chi connectivity index (χ1) is 8.81. The Kier molecular flexibility index (Phi) is 7.74. The van der Waals surface area contributed by atoms with E-state index in [4.69, 9.17) is 0 Å². The Labute approximate surface area is 112 Å². The molecule has 3 nitrogen and oxygen atoms in total. The van der Waals surface area contributed by atoms with Gasteiger partial charge in [-0.2, -0.15) is 0 Å². The van der Waals surface area contributed by atoms with Gasteiger partial charge in [-0.3, -0.25) is 0 Å². The molecule has 1 rings (SSSR count). The minimum atomic E-state index is 0.826. The second-order valence-corrected chi connectivity index (χ2v) is 5.13. The largest absolute Gasteiger partial charge is 0.333 e. The van der Waals surface area contributed by atoms with Crippen LogP contribution in [0.15, 0.2) is 12.5 Å². The van der Waals surface area contributed by atoms with Crippen molar-refractivity contribution in [2.45, 2.75) is 66.0 Å². The molecule has 104 valence electrons. The average Bonchev–Trinajstić information content (AvgIpc) is 2.81. The van der Waals surface area contributed by atoms with Crippen molar-refractivity contribution in [2.75, 3.05) is 6.54 Å². The summed E-state index contributed by atoms with van der Waals surface area (Å²) in [6, 6.07) is 0. The molecule has 1 unspecified atom stereocenters. The third-order valence-electron chi connectivity index (χ3n) is 3.55. The van der Waals surface area contributed by atoms with E-state index < -0.39 is 0 Å². The predicted molar refractivity (Wildman–Crippen MR) is 77.5 cm³/mol. The van der Waals surface area contributed by atoms with Gasteiger partial charge in [0.05, 0.1) is 12.0 Å². The Bertz CT molecular complexity index is 306. The van der Waals surface area contributed by atoms with E-state index in [9.17, 15) is 0 Å². The van der Waals surface area contributed by atoms with Crippen molar-refractivity contribution in [3.05, 3.63) is 18.2 Å². The van der Waals surface area contributed by atoms with Gasteiger partial charge in [-0.1, -0.05) is 40.0 Å². The Morgan fingerprint density at radius 1 is 1.28 bits per heavy atom. The van der Waals surface area contributed by atoms with Crippen LogP contribution in [0.25, 0.3) is 0 Å². The lowest BCUT2D eigenvalue weighted by Crippen LogP contribution is -2.23. The van der Waals surface area contributed by atoms with E-state index in [0.717, 1.165) is 32.0 Å². The van der Waals surface area contributed by atoms with Gasteiger partial charge in [0.15, 0.2) is 0 Å². The molecule has 0 saturated heterocycles. The van der Waals surface area contributed by atoms with Crippen LogP contribution in [0.3, 0.4) is 0 Å². The van der Waals surface area contributed by atoms with Crippen LogP contribution in [0.1, 0.15) is 58.6 Å². The zero-order valence-corrected chi connectivity index (χ0v) is 12.3. The van der Waals surface area contributed by atoms with E-state index in [-0.39, 0.29) is 0 Å². The van der Waals surface area contributed by atoms with Gasteiger partial charge in [-0.25, -0.2) is 4.98 Å². The van der Waals surface area contributed by atoms with Crippen LogP contribution < -0.4 is 5.32 Å². The summed E-state index contributed by atoms with van der Waals surface area (Å²) in [7, 11) is 0. The minimum Gasteiger partial charge on any atom is -0.333 e. The molecule has 1 heterocycles. The molecule has 0 saturated carbocycles. The van der Waals surface area contributed by atoms with E-state index in [2.05, 4.69) is 35.6 Å². The SMILES string of the molecule is CCCCC(CC)CNCc1cncn1CCC. The highest BCUT2D eigenvalue weighted by atomic mass is 15.1. The summed E-state index contributed by atoms with van der Waals surface area (Å²) in [6.07, 6.45) is 10.4. The van der Waals surface area contributed by atoms with Crippen molar-refractivity contribution < 1.29 is 0 Å². The molecular formula is C15H29N3. The first-order valence-corrected chi connectivity index (χ1v) is 7.51. The lowest BCUT2D eigenvalue weighted by Gasteiger charge is -2.15. The fraction of sp³-hybridized carbons (Fsp3) is 0.800. The van der Waals surface area contributed by atoms with Crippen LogP contribution in [0, 0.1) is 5.92 Å². The van der Waals surface area contributed by atoms with Crippen LogP contribution in [0.5, 0.6) is 0 Å². The summed E-state index contributed by atoms with van der Waals surface area (Å²) in [5, 5.41) is 3.59. The van der Waals surface area contributed by atoms with Gasteiger partial charge in [-0.15, -0.1) is 0 Å². The molecule has 0 aliphatic heterocycles. The summed E-state index contributed by atoms with van der Waals surface area (Å²) in [5.41, 5.74) is 1.31. The summed E-state index contributed by atoms with van der Waals surface area (Å²) >= 11 is 0. The standard InChI is InChI=1S/C15H29N3/c1-4-7-8-14(6-3)10-16-11-15-12-17-13-18(15)9-5-2/h12-14,16H,4-11H2,1-3H3. The fourth-order valence-electron chi connectivity index (χ4n) is 2.29. The molecule has 1 aromatic heterocycles. The van der Waals surface area contributed by atoms with E-state index in [1.807, 2.05) is 12.5 Å². The van der Waals surface area contributed by atoms with Crippen LogP contribution in [-0.2, 0) is 13.1 Å². The number of aryl methyl sites for hydroxylation is 1. The Morgan fingerprint density at radius 2 is 2.11 bits per heavy atom. The lowest BCUT2D eigenvalue weighted by atomic mass is 9.99. The number of imidazole rings is 1. The first kappa shape index (κ1) is 15.2. The van der Waals surface area contributed by atoms with Gasteiger partial charge in [0.25, 0.3) is 0 Å². The molecule has 0 aliphatic carbocycles. The van der Waals surface area contributed by atoms with Crippen molar-refractivity contribution >= 4 is 0 Å². The van der Waals surface area contributed by atoms with Crippen molar-refractivity contribution in [3.63, 3.8) is 0 Å². The van der Waals surface area contributed by atoms with Crippen LogP contribution in [0.2, 0.25) is 0 Å². The van der Waals surface area contributed by atoms with Crippen molar-refractivity contribution in [3.8, 4) is 0 Å². The number of hydrogen-bond acceptors (Lipinski definition) is 2. The molecule has 0 fully saturated rings. The summed E-state index contributed by atoms with van der Waals surface area (Å²) in [5.74, 6) is 0.826. The lowest BCUT2D eigenvalue weighted by molar-refractivity contribution is 0.415. The molecule has 0 aromatic carbocycles. The molecule has 0 aliphatic rings. The minimum absolute atomic E-state index is 0.826. The number of hydrogen-bond donors (Lipinski definition) is 1. The highest BCUT2D eigenvalue weighted by Gasteiger charge is 2.06. The molecule has 0 spiro atoms. The van der Waals surface area contributed by atoms with Gasteiger partial charge in [-0.05, 0) is 25.3 Å². The molecule has 0 bridgehead atoms. The van der Waals surface area contributed by atoms with E-state index in [1.165, 1.54) is 31.4 Å². The third kappa shape index (κ3) is 5.21. The Morgan fingerprint density at radius 3 is 2.78 bits per heavy atom. The van der Waals surface area contributed by atoms with Crippen molar-refractivity contribution in [1.82, 2.24) is 14.9 Å². The predicted octanol–water partition coefficient (Wildman–Crippen LogP) is 3.60. The maximum Gasteiger partial charge on any atom is 0.0948 e. The maximum atomic E-state index is 4.23. The second kappa shape index (κ2) is 9.15. The summed E-state index contributed by atoms with van der Waals surface area (Å²) in [6.45, 7) is 9.92.